The van der Waals surface area contributed by atoms with Gasteiger partial charge in [0, 0.05) is 24.7 Å². The fraction of sp³-hybridized carbons (Fsp3) is 0.923. The molecular weight excluding hydrogens is 212 g/mol. The van der Waals surface area contributed by atoms with E-state index in [1.165, 1.54) is 12.8 Å². The third-order valence-electron chi connectivity index (χ3n) is 3.10. The predicted molar refractivity (Wildman–Crippen MR) is 74.5 cm³/mol. The van der Waals surface area contributed by atoms with E-state index in [2.05, 4.69) is 55.3 Å². The Kier molecular flexibility index (Phi) is 5.75. The molecule has 1 aliphatic rings. The van der Waals surface area contributed by atoms with Crippen LogP contribution in [0.3, 0.4) is 0 Å². The smallest absolute Gasteiger partial charge is 0.191 e. The molecule has 1 aliphatic carbocycles. The maximum absolute atomic E-state index is 4.64. The summed E-state index contributed by atoms with van der Waals surface area (Å²) in [5, 5.41) is 6.61. The molecule has 0 aromatic heterocycles. The number of hydrogen-bond donors (Lipinski definition) is 2. The van der Waals surface area contributed by atoms with Crippen LogP contribution in [0.25, 0.3) is 0 Å². The fourth-order valence-corrected chi connectivity index (χ4v) is 1.79. The van der Waals surface area contributed by atoms with Crippen LogP contribution in [-0.2, 0) is 0 Å². The minimum Gasteiger partial charge on any atom is -0.357 e. The normalized spacial score (nSPS) is 18.6. The summed E-state index contributed by atoms with van der Waals surface area (Å²) in [6.07, 6.45) is 2.71. The van der Waals surface area contributed by atoms with Gasteiger partial charge >= 0.3 is 0 Å². The summed E-state index contributed by atoms with van der Waals surface area (Å²) in [6, 6.07) is 1.75. The molecule has 1 saturated carbocycles. The monoisotopic (exact) mass is 240 g/mol. The van der Waals surface area contributed by atoms with Crippen molar-refractivity contribution < 1.29 is 0 Å². The summed E-state index contributed by atoms with van der Waals surface area (Å²) in [5.74, 6) is 0.929. The molecule has 0 saturated heterocycles. The van der Waals surface area contributed by atoms with E-state index in [1.807, 2.05) is 0 Å². The van der Waals surface area contributed by atoms with Gasteiger partial charge in [-0.2, -0.15) is 0 Å². The predicted octanol–water partition coefficient (Wildman–Crippen LogP) is 1.43. The number of likely N-dealkylation sites (N-methyl/N-ethyl adjacent to an activating group) is 1. The van der Waals surface area contributed by atoms with Crippen molar-refractivity contribution in [2.45, 2.75) is 58.7 Å². The maximum atomic E-state index is 4.64. The van der Waals surface area contributed by atoms with Gasteiger partial charge in [0.15, 0.2) is 5.96 Å². The molecular formula is C13H28N4. The molecule has 1 fully saturated rings. The zero-order valence-corrected chi connectivity index (χ0v) is 12.0. The number of nitrogens with one attached hydrogen (secondary N) is 2. The SMILES string of the molecule is CCNC(=NCC(C)N(C)C1CC1)NC(C)C. The molecule has 4 nitrogen and oxygen atoms in total. The lowest BCUT2D eigenvalue weighted by atomic mass is 10.3. The molecule has 0 bridgehead atoms. The van der Waals surface area contributed by atoms with E-state index in [9.17, 15) is 0 Å². The van der Waals surface area contributed by atoms with Crippen LogP contribution in [0.15, 0.2) is 4.99 Å². The van der Waals surface area contributed by atoms with Crippen molar-refractivity contribution in [2.24, 2.45) is 4.99 Å². The van der Waals surface area contributed by atoms with E-state index in [-0.39, 0.29) is 0 Å². The lowest BCUT2D eigenvalue weighted by Gasteiger charge is -2.23. The highest BCUT2D eigenvalue weighted by molar-refractivity contribution is 5.79. The van der Waals surface area contributed by atoms with E-state index < -0.39 is 0 Å². The van der Waals surface area contributed by atoms with Crippen LogP contribution in [0.1, 0.15) is 40.5 Å². The van der Waals surface area contributed by atoms with Gasteiger partial charge < -0.3 is 10.6 Å². The van der Waals surface area contributed by atoms with Crippen LogP contribution >= 0.6 is 0 Å². The van der Waals surface area contributed by atoms with Crippen molar-refractivity contribution in [1.82, 2.24) is 15.5 Å². The number of aliphatic imine (C=N–C) groups is 1. The largest absolute Gasteiger partial charge is 0.357 e. The van der Waals surface area contributed by atoms with Crippen LogP contribution in [0.5, 0.6) is 0 Å². The Hall–Kier alpha value is -0.770. The summed E-state index contributed by atoms with van der Waals surface area (Å²) in [5.41, 5.74) is 0. The second-order valence-corrected chi connectivity index (χ2v) is 5.26. The summed E-state index contributed by atoms with van der Waals surface area (Å²) in [4.78, 5) is 7.08. The molecule has 17 heavy (non-hydrogen) atoms. The molecule has 1 atom stereocenters. The number of hydrogen-bond acceptors (Lipinski definition) is 2. The highest BCUT2D eigenvalue weighted by Crippen LogP contribution is 2.26. The van der Waals surface area contributed by atoms with E-state index in [1.54, 1.807) is 0 Å². The van der Waals surface area contributed by atoms with Gasteiger partial charge in [-0.1, -0.05) is 0 Å². The third kappa shape index (κ3) is 5.39. The van der Waals surface area contributed by atoms with E-state index in [0.717, 1.165) is 25.1 Å². The summed E-state index contributed by atoms with van der Waals surface area (Å²) < 4.78 is 0. The molecule has 100 valence electrons. The Morgan fingerprint density at radius 3 is 2.47 bits per heavy atom. The van der Waals surface area contributed by atoms with E-state index in [4.69, 9.17) is 0 Å². The standard InChI is InChI=1S/C13H28N4/c1-6-14-13(16-10(2)3)15-9-11(4)17(5)12-7-8-12/h10-12H,6-9H2,1-5H3,(H2,14,15,16). The van der Waals surface area contributed by atoms with Gasteiger partial charge in [0.05, 0.1) is 6.54 Å². The van der Waals surface area contributed by atoms with Gasteiger partial charge in [-0.25, -0.2) is 0 Å². The van der Waals surface area contributed by atoms with Crippen molar-refractivity contribution >= 4 is 5.96 Å². The van der Waals surface area contributed by atoms with E-state index >= 15 is 0 Å². The van der Waals surface area contributed by atoms with Gasteiger partial charge in [0.2, 0.25) is 0 Å². The zero-order chi connectivity index (χ0) is 12.8. The zero-order valence-electron chi connectivity index (χ0n) is 12.0. The van der Waals surface area contributed by atoms with Gasteiger partial charge in [0.1, 0.15) is 0 Å². The first-order chi connectivity index (χ1) is 8.04. The van der Waals surface area contributed by atoms with Gasteiger partial charge in [0.25, 0.3) is 0 Å². The molecule has 0 aromatic rings. The van der Waals surface area contributed by atoms with E-state index in [0.29, 0.717) is 12.1 Å². The number of guanidine groups is 1. The van der Waals surface area contributed by atoms with Crippen molar-refractivity contribution in [3.05, 3.63) is 0 Å². The molecule has 1 unspecified atom stereocenters. The van der Waals surface area contributed by atoms with Crippen molar-refractivity contribution in [2.75, 3.05) is 20.1 Å². The number of rotatable bonds is 6. The van der Waals surface area contributed by atoms with Gasteiger partial charge in [-0.05, 0) is 47.6 Å². The maximum Gasteiger partial charge on any atom is 0.191 e. The average Bonchev–Trinajstić information content (AvgIpc) is 3.07. The first kappa shape index (κ1) is 14.3. The first-order valence-electron chi connectivity index (χ1n) is 6.81. The molecule has 0 aliphatic heterocycles. The van der Waals surface area contributed by atoms with Crippen LogP contribution in [0.2, 0.25) is 0 Å². The average molecular weight is 240 g/mol. The second-order valence-electron chi connectivity index (χ2n) is 5.26. The third-order valence-corrected chi connectivity index (χ3v) is 3.10. The molecule has 0 amide bonds. The Morgan fingerprint density at radius 1 is 1.35 bits per heavy atom. The molecule has 2 N–H and O–H groups in total. The first-order valence-corrected chi connectivity index (χ1v) is 6.81. The van der Waals surface area contributed by atoms with Crippen molar-refractivity contribution in [3.63, 3.8) is 0 Å². The second kappa shape index (κ2) is 6.84. The minimum absolute atomic E-state index is 0.421. The van der Waals surface area contributed by atoms with Crippen LogP contribution in [0.4, 0.5) is 0 Å². The van der Waals surface area contributed by atoms with Crippen molar-refractivity contribution in [1.29, 1.82) is 0 Å². The summed E-state index contributed by atoms with van der Waals surface area (Å²) in [7, 11) is 2.21. The molecule has 1 rings (SSSR count). The summed E-state index contributed by atoms with van der Waals surface area (Å²) in [6.45, 7) is 10.4. The highest BCUT2D eigenvalue weighted by atomic mass is 15.2. The molecule has 0 aromatic carbocycles. The quantitative estimate of drug-likeness (QED) is 0.545. The minimum atomic E-state index is 0.421. The lowest BCUT2D eigenvalue weighted by molar-refractivity contribution is 0.253. The molecule has 0 radical (unpaired) electrons. The van der Waals surface area contributed by atoms with Crippen LogP contribution in [0, 0.1) is 0 Å². The fourth-order valence-electron chi connectivity index (χ4n) is 1.79. The Labute approximate surface area is 106 Å². The topological polar surface area (TPSA) is 39.7 Å². The Morgan fingerprint density at radius 2 is 2.00 bits per heavy atom. The molecule has 4 heteroatoms. The lowest BCUT2D eigenvalue weighted by Crippen LogP contribution is -2.42. The molecule has 0 heterocycles. The van der Waals surface area contributed by atoms with Gasteiger partial charge in [-0.3, -0.25) is 9.89 Å². The summed E-state index contributed by atoms with van der Waals surface area (Å²) >= 11 is 0. The van der Waals surface area contributed by atoms with Crippen molar-refractivity contribution in [3.8, 4) is 0 Å². The van der Waals surface area contributed by atoms with Gasteiger partial charge in [-0.15, -0.1) is 0 Å². The molecule has 0 spiro atoms. The van der Waals surface area contributed by atoms with Crippen LogP contribution in [-0.4, -0.2) is 49.1 Å². The Bertz CT molecular complexity index is 246. The van der Waals surface area contributed by atoms with Crippen LogP contribution < -0.4 is 10.6 Å². The Balaban J connectivity index is 2.40. The highest BCUT2D eigenvalue weighted by Gasteiger charge is 2.28. The number of nitrogens with zero attached hydrogens (tertiary/aromatic N) is 2.